The monoisotopic (exact) mass is 883 g/mol. The number of nitrogens with one attached hydrogen (secondary N) is 2. The zero-order chi connectivity index (χ0) is 46.0. The average Bonchev–Trinajstić information content (AvgIpc) is 3.27. The lowest BCUT2D eigenvalue weighted by Crippen LogP contribution is -2.31. The van der Waals surface area contributed by atoms with Crippen LogP contribution in [0.25, 0.3) is 0 Å². The van der Waals surface area contributed by atoms with Crippen LogP contribution in [0.2, 0.25) is 0 Å². The minimum absolute atomic E-state index is 0.314. The largest absolute Gasteiger partial charge is 0.490 e. The van der Waals surface area contributed by atoms with E-state index in [2.05, 4.69) is 61.3 Å². The maximum Gasteiger partial charge on any atom is 0.329 e. The Hall–Kier alpha value is -4.70. The Labute approximate surface area is 384 Å². The fourth-order valence-electron chi connectivity index (χ4n) is 7.88. The Bertz CT molecular complexity index is 1970. The third kappa shape index (κ3) is 21.8. The Kier molecular flexibility index (Phi) is 28.3. The topological polar surface area (TPSA) is 128 Å². The summed E-state index contributed by atoms with van der Waals surface area (Å²) in [6.07, 6.45) is 32.2. The maximum atomic E-state index is 13.0. The van der Waals surface area contributed by atoms with Crippen molar-refractivity contribution in [2.45, 2.75) is 221 Å². The fourth-order valence-corrected chi connectivity index (χ4v) is 7.88. The van der Waals surface area contributed by atoms with Crippen molar-refractivity contribution < 1.29 is 9.47 Å². The molecule has 0 saturated heterocycles. The molecule has 0 fully saturated rings. The number of H-pyrrole nitrogens is 2. The highest BCUT2D eigenvalue weighted by Gasteiger charge is 2.13. The molecule has 2 N–H and O–H groups in total. The fraction of sp³-hybridized carbons (Fsp3) is 0.667. The Morgan fingerprint density at radius 3 is 1.02 bits per heavy atom. The van der Waals surface area contributed by atoms with E-state index in [1.807, 2.05) is 12.1 Å². The molecule has 3 aromatic rings. The van der Waals surface area contributed by atoms with Crippen molar-refractivity contribution in [3.63, 3.8) is 0 Å². The van der Waals surface area contributed by atoms with Crippen LogP contribution in [-0.4, -0.2) is 32.3 Å². The van der Waals surface area contributed by atoms with Gasteiger partial charge in [0.15, 0.2) is 11.5 Å². The first kappa shape index (κ1) is 53.6. The summed E-state index contributed by atoms with van der Waals surface area (Å²) in [5.41, 5.74) is -0.343. The van der Waals surface area contributed by atoms with Crippen LogP contribution in [0.1, 0.15) is 230 Å². The van der Waals surface area contributed by atoms with Crippen molar-refractivity contribution in [3.8, 4) is 35.2 Å². The molecule has 0 aliphatic heterocycles. The second-order valence-corrected chi connectivity index (χ2v) is 17.5. The van der Waals surface area contributed by atoms with Gasteiger partial charge in [-0.15, -0.1) is 0 Å². The van der Waals surface area contributed by atoms with Gasteiger partial charge < -0.3 is 9.47 Å². The first-order valence-electron chi connectivity index (χ1n) is 25.5. The van der Waals surface area contributed by atoms with E-state index in [1.54, 1.807) is 0 Å². The van der Waals surface area contributed by atoms with E-state index in [9.17, 15) is 19.2 Å². The number of hydrogen-bond acceptors (Lipinski definition) is 6. The van der Waals surface area contributed by atoms with E-state index in [-0.39, 0.29) is 0 Å². The second-order valence-electron chi connectivity index (χ2n) is 17.5. The van der Waals surface area contributed by atoms with E-state index in [0.717, 1.165) is 77.0 Å². The lowest BCUT2D eigenvalue weighted by molar-refractivity contribution is 0.258. The third-order valence-corrected chi connectivity index (χ3v) is 11.8. The van der Waals surface area contributed by atoms with Crippen molar-refractivity contribution in [1.29, 1.82) is 0 Å². The van der Waals surface area contributed by atoms with Gasteiger partial charge in [-0.2, -0.15) is 0 Å². The molecule has 0 unspecified atom stereocenters. The van der Waals surface area contributed by atoms with Crippen molar-refractivity contribution in [3.05, 3.63) is 88.5 Å². The number of benzene rings is 1. The van der Waals surface area contributed by atoms with Crippen LogP contribution in [0.4, 0.5) is 0 Å². The van der Waals surface area contributed by atoms with Crippen molar-refractivity contribution in [1.82, 2.24) is 19.1 Å². The Morgan fingerprint density at radius 2 is 0.688 bits per heavy atom. The molecule has 0 radical (unpaired) electrons. The van der Waals surface area contributed by atoms with Crippen LogP contribution >= 0.6 is 0 Å². The predicted molar refractivity (Wildman–Crippen MR) is 264 cm³/mol. The van der Waals surface area contributed by atoms with Crippen LogP contribution in [0.15, 0.2) is 43.4 Å². The summed E-state index contributed by atoms with van der Waals surface area (Å²) in [6.45, 7) is 10.7. The zero-order valence-corrected chi connectivity index (χ0v) is 40.3. The molecule has 0 spiro atoms. The molecule has 2 aromatic heterocycles. The molecule has 1 aromatic carbocycles. The standard InChI is InChI=1S/C54H82N4O6/c1-5-9-13-17-19-21-23-25-27-31-39-63-49-41-45(33-35-47-43-51(59)55-53(61)57(47)37-29-15-11-7-3)46(42-50(49)64-40-32-28-26-24-22-20-18-14-10-6-2)34-36-48-44-52(60)56-54(62)58(48)38-30-16-12-8-4/h41-44H,5-32,37-40H2,1-4H3,(H,55,59,61)(H,56,60,62). The molecule has 10 nitrogen and oxygen atoms in total. The van der Waals surface area contributed by atoms with E-state index in [4.69, 9.17) is 9.47 Å². The molecule has 10 heteroatoms. The van der Waals surface area contributed by atoms with Gasteiger partial charge in [-0.3, -0.25) is 28.7 Å². The summed E-state index contributed by atoms with van der Waals surface area (Å²) in [6, 6.07) is 6.40. The van der Waals surface area contributed by atoms with Gasteiger partial charge >= 0.3 is 11.4 Å². The van der Waals surface area contributed by atoms with Gasteiger partial charge in [-0.25, -0.2) is 9.59 Å². The number of hydrogen-bond donors (Lipinski definition) is 2. The summed E-state index contributed by atoms with van der Waals surface area (Å²) in [5.74, 6) is 13.8. The van der Waals surface area contributed by atoms with Crippen LogP contribution in [0, 0.1) is 23.7 Å². The van der Waals surface area contributed by atoms with Crippen LogP contribution in [0.5, 0.6) is 11.5 Å². The molecule has 64 heavy (non-hydrogen) atoms. The van der Waals surface area contributed by atoms with Gasteiger partial charge in [0.2, 0.25) is 0 Å². The van der Waals surface area contributed by atoms with E-state index < -0.39 is 22.5 Å². The number of nitrogens with zero attached hydrogens (tertiary/aromatic N) is 2. The van der Waals surface area contributed by atoms with E-state index in [1.165, 1.54) is 124 Å². The molecule has 354 valence electrons. The Balaban J connectivity index is 1.99. The molecule has 0 bridgehead atoms. The highest BCUT2D eigenvalue weighted by atomic mass is 16.5. The number of aromatic nitrogens is 4. The highest BCUT2D eigenvalue weighted by molar-refractivity contribution is 5.60. The first-order chi connectivity index (χ1) is 31.3. The average molecular weight is 883 g/mol. The number of rotatable bonds is 34. The molecule has 0 aliphatic carbocycles. The number of ether oxygens (including phenoxy) is 2. The first-order valence-corrected chi connectivity index (χ1v) is 25.5. The normalized spacial score (nSPS) is 10.9. The minimum Gasteiger partial charge on any atom is -0.490 e. The molecular formula is C54H82N4O6. The predicted octanol–water partition coefficient (Wildman–Crippen LogP) is 11.9. The lowest BCUT2D eigenvalue weighted by Gasteiger charge is -2.15. The summed E-state index contributed by atoms with van der Waals surface area (Å²) in [5, 5.41) is 0. The van der Waals surface area contributed by atoms with Gasteiger partial charge in [0.05, 0.1) is 13.2 Å². The van der Waals surface area contributed by atoms with Crippen LogP contribution < -0.4 is 32.0 Å². The van der Waals surface area contributed by atoms with Gasteiger partial charge in [0.1, 0.15) is 11.4 Å². The smallest absolute Gasteiger partial charge is 0.329 e. The van der Waals surface area contributed by atoms with Crippen molar-refractivity contribution >= 4 is 0 Å². The summed E-state index contributed by atoms with van der Waals surface area (Å²) in [4.78, 5) is 55.9. The molecule has 3 rings (SSSR count). The van der Waals surface area contributed by atoms with Gasteiger partial charge in [-0.1, -0.05) is 194 Å². The highest BCUT2D eigenvalue weighted by Crippen LogP contribution is 2.32. The van der Waals surface area contributed by atoms with Gasteiger partial charge in [0, 0.05) is 48.5 Å². The Morgan fingerprint density at radius 1 is 0.391 bits per heavy atom. The molecule has 2 heterocycles. The SMILES string of the molecule is CCCCCCCCCCCCOc1cc(C#Cc2cc(=O)[nH]c(=O)n2CCCCCC)c(C#Cc2cc(=O)[nH]c(=O)n2CCCCCC)cc1OCCCCCCCCCCCC. The second kappa shape index (κ2) is 33.8. The van der Waals surface area contributed by atoms with Crippen LogP contribution in [0.3, 0.4) is 0 Å². The minimum atomic E-state index is -0.512. The quantitative estimate of drug-likeness (QED) is 0.0454. The molecule has 0 atom stereocenters. The lowest BCUT2D eigenvalue weighted by atomic mass is 10.1. The summed E-state index contributed by atoms with van der Waals surface area (Å²) >= 11 is 0. The molecule has 0 saturated carbocycles. The van der Waals surface area contributed by atoms with Gasteiger partial charge in [0.25, 0.3) is 11.1 Å². The van der Waals surface area contributed by atoms with Crippen LogP contribution in [-0.2, 0) is 13.1 Å². The molecule has 0 amide bonds. The number of aromatic amines is 2. The van der Waals surface area contributed by atoms with E-state index >= 15 is 0 Å². The number of unbranched alkanes of at least 4 members (excludes halogenated alkanes) is 24. The maximum absolute atomic E-state index is 13.0. The third-order valence-electron chi connectivity index (χ3n) is 11.8. The zero-order valence-electron chi connectivity index (χ0n) is 40.3. The summed E-state index contributed by atoms with van der Waals surface area (Å²) in [7, 11) is 0. The molecule has 0 aliphatic rings. The summed E-state index contributed by atoms with van der Waals surface area (Å²) < 4.78 is 16.0. The van der Waals surface area contributed by atoms with E-state index in [0.29, 0.717) is 60.3 Å². The van der Waals surface area contributed by atoms with Crippen molar-refractivity contribution in [2.24, 2.45) is 0 Å². The molecular weight excluding hydrogens is 801 g/mol. The van der Waals surface area contributed by atoms with Gasteiger partial charge in [-0.05, 0) is 37.5 Å². The van der Waals surface area contributed by atoms with Crippen molar-refractivity contribution in [2.75, 3.05) is 13.2 Å².